The lowest BCUT2D eigenvalue weighted by atomic mass is 9.52. The molecular weight excluding hydrogens is 358 g/mol. The number of aromatic nitrogens is 1. The summed E-state index contributed by atoms with van der Waals surface area (Å²) in [5, 5.41) is 20.0. The highest BCUT2D eigenvalue weighted by Gasteiger charge is 2.49. The summed E-state index contributed by atoms with van der Waals surface area (Å²) in [6, 6.07) is 10.7. The Morgan fingerprint density at radius 1 is 0.966 bits per heavy atom. The summed E-state index contributed by atoms with van der Waals surface area (Å²) in [7, 11) is 0. The molecular formula is C26H35NO2. The van der Waals surface area contributed by atoms with Crippen LogP contribution in [0.4, 0.5) is 0 Å². The summed E-state index contributed by atoms with van der Waals surface area (Å²) in [6.45, 7) is 13.5. The van der Waals surface area contributed by atoms with E-state index < -0.39 is 6.10 Å². The minimum Gasteiger partial charge on any atom is -0.508 e. The highest BCUT2D eigenvalue weighted by Crippen LogP contribution is 2.54. The van der Waals surface area contributed by atoms with E-state index in [1.807, 2.05) is 12.1 Å². The Bertz CT molecular complexity index is 817. The molecule has 2 rings (SSSR count). The quantitative estimate of drug-likeness (QED) is 0.602. The Hall–Kier alpha value is -2.31. The zero-order valence-corrected chi connectivity index (χ0v) is 18.7. The molecule has 1 unspecified atom stereocenters. The lowest BCUT2D eigenvalue weighted by Gasteiger charge is -2.50. The largest absolute Gasteiger partial charge is 0.508 e. The standard InChI is InChI=1S/C26H35NO2/c1-24(2,3)26(25(4,5)6,17-15-20-9-8-18-27-19-20)16-7-10-23(29)21-11-13-22(28)14-12-21/h8-9,11-14,18-19,23,28-29H,7,10,16H2,1-6H3. The van der Waals surface area contributed by atoms with Crippen LogP contribution in [0.5, 0.6) is 5.75 Å². The number of rotatable bonds is 5. The van der Waals surface area contributed by atoms with E-state index in [4.69, 9.17) is 0 Å². The first-order valence-corrected chi connectivity index (χ1v) is 10.4. The van der Waals surface area contributed by atoms with Crippen molar-refractivity contribution in [3.05, 3.63) is 59.9 Å². The number of pyridine rings is 1. The lowest BCUT2D eigenvalue weighted by Crippen LogP contribution is -2.45. The topological polar surface area (TPSA) is 53.4 Å². The third-order valence-corrected chi connectivity index (χ3v) is 5.95. The van der Waals surface area contributed by atoms with Crippen LogP contribution in [0.3, 0.4) is 0 Å². The predicted octanol–water partition coefficient (Wildman–Crippen LogP) is 6.12. The average molecular weight is 394 g/mol. The number of aromatic hydroxyl groups is 1. The summed E-state index contributed by atoms with van der Waals surface area (Å²) in [4.78, 5) is 4.18. The number of aliphatic hydroxyl groups excluding tert-OH is 1. The van der Waals surface area contributed by atoms with Crippen LogP contribution >= 0.6 is 0 Å². The van der Waals surface area contributed by atoms with E-state index in [0.29, 0.717) is 6.42 Å². The van der Waals surface area contributed by atoms with E-state index >= 15 is 0 Å². The van der Waals surface area contributed by atoms with E-state index in [0.717, 1.165) is 24.0 Å². The van der Waals surface area contributed by atoms with Gasteiger partial charge in [-0.25, -0.2) is 0 Å². The third-order valence-electron chi connectivity index (χ3n) is 5.95. The van der Waals surface area contributed by atoms with E-state index in [9.17, 15) is 10.2 Å². The van der Waals surface area contributed by atoms with Crippen LogP contribution in [0, 0.1) is 28.1 Å². The minimum atomic E-state index is -0.542. The van der Waals surface area contributed by atoms with Crippen LogP contribution in [-0.4, -0.2) is 15.2 Å². The van der Waals surface area contributed by atoms with Crippen LogP contribution in [0.2, 0.25) is 0 Å². The Kier molecular flexibility index (Phi) is 7.14. The molecule has 1 atom stereocenters. The molecule has 2 N–H and O–H groups in total. The monoisotopic (exact) mass is 393 g/mol. The molecule has 0 aliphatic carbocycles. The molecule has 1 aromatic heterocycles. The Morgan fingerprint density at radius 2 is 1.59 bits per heavy atom. The molecule has 0 aliphatic rings. The van der Waals surface area contributed by atoms with Crippen LogP contribution in [-0.2, 0) is 0 Å². The Balaban J connectivity index is 2.26. The lowest BCUT2D eigenvalue weighted by molar-refractivity contribution is 0.0130. The maximum atomic E-state index is 10.6. The number of phenolic OH excluding ortho intramolecular Hbond substituents is 1. The number of benzene rings is 1. The van der Waals surface area contributed by atoms with Crippen molar-refractivity contribution in [2.24, 2.45) is 16.2 Å². The van der Waals surface area contributed by atoms with Gasteiger partial charge in [0, 0.05) is 23.4 Å². The number of nitrogens with zero attached hydrogens (tertiary/aromatic N) is 1. The molecule has 2 aromatic rings. The molecule has 0 radical (unpaired) electrons. The van der Waals surface area contributed by atoms with Gasteiger partial charge in [-0.3, -0.25) is 4.98 Å². The molecule has 1 aromatic carbocycles. The summed E-state index contributed by atoms with van der Waals surface area (Å²) in [6.07, 6.45) is 5.43. The molecule has 0 saturated heterocycles. The average Bonchev–Trinajstić information content (AvgIpc) is 2.63. The van der Waals surface area contributed by atoms with Crippen molar-refractivity contribution >= 4 is 0 Å². The molecule has 3 heteroatoms. The maximum absolute atomic E-state index is 10.6. The van der Waals surface area contributed by atoms with Gasteiger partial charge in [0.1, 0.15) is 5.75 Å². The Labute approximate surface area is 176 Å². The number of hydrogen-bond acceptors (Lipinski definition) is 3. The molecule has 156 valence electrons. The smallest absolute Gasteiger partial charge is 0.115 e. The minimum absolute atomic E-state index is 0.0378. The normalized spacial score (nSPS) is 13.5. The highest BCUT2D eigenvalue weighted by atomic mass is 16.3. The first-order chi connectivity index (χ1) is 13.5. The van der Waals surface area contributed by atoms with Gasteiger partial charge in [0.15, 0.2) is 0 Å². The first kappa shape index (κ1) is 23.0. The molecule has 29 heavy (non-hydrogen) atoms. The van der Waals surface area contributed by atoms with Crippen molar-refractivity contribution in [2.75, 3.05) is 0 Å². The van der Waals surface area contributed by atoms with E-state index in [1.54, 1.807) is 36.7 Å². The molecule has 1 heterocycles. The zero-order valence-electron chi connectivity index (χ0n) is 18.7. The second-order valence-electron chi connectivity index (χ2n) is 9.90. The van der Waals surface area contributed by atoms with Crippen molar-refractivity contribution in [3.8, 4) is 17.6 Å². The number of hydrogen-bond donors (Lipinski definition) is 2. The van der Waals surface area contributed by atoms with E-state index in [2.05, 4.69) is 58.4 Å². The van der Waals surface area contributed by atoms with Gasteiger partial charge in [0.05, 0.1) is 6.10 Å². The predicted molar refractivity (Wildman–Crippen MR) is 119 cm³/mol. The fourth-order valence-corrected chi connectivity index (χ4v) is 4.35. The van der Waals surface area contributed by atoms with Gasteiger partial charge in [-0.15, -0.1) is 0 Å². The molecule has 3 nitrogen and oxygen atoms in total. The fraction of sp³-hybridized carbons (Fsp3) is 0.500. The second-order valence-corrected chi connectivity index (χ2v) is 9.90. The molecule has 0 aliphatic heterocycles. The maximum Gasteiger partial charge on any atom is 0.115 e. The fourth-order valence-electron chi connectivity index (χ4n) is 4.35. The van der Waals surface area contributed by atoms with Crippen molar-refractivity contribution in [1.29, 1.82) is 0 Å². The highest BCUT2D eigenvalue weighted by molar-refractivity contribution is 5.35. The van der Waals surface area contributed by atoms with E-state index in [1.165, 1.54) is 0 Å². The first-order valence-electron chi connectivity index (χ1n) is 10.4. The van der Waals surface area contributed by atoms with Crippen LogP contribution in [0.1, 0.15) is 78.0 Å². The SMILES string of the molecule is CC(C)(C)C(C#Cc1cccnc1)(CCCC(O)c1ccc(O)cc1)C(C)(C)C. The number of aliphatic hydroxyl groups is 1. The summed E-state index contributed by atoms with van der Waals surface area (Å²) in [5.41, 5.74) is 1.45. The van der Waals surface area contributed by atoms with Crippen molar-refractivity contribution in [3.63, 3.8) is 0 Å². The van der Waals surface area contributed by atoms with Gasteiger partial charge >= 0.3 is 0 Å². The zero-order chi connectivity index (χ0) is 21.7. The summed E-state index contributed by atoms with van der Waals surface area (Å²) in [5.74, 6) is 7.23. The molecule has 0 bridgehead atoms. The van der Waals surface area contributed by atoms with Crippen molar-refractivity contribution in [1.82, 2.24) is 4.98 Å². The summed E-state index contributed by atoms with van der Waals surface area (Å²) < 4.78 is 0. The molecule has 0 saturated carbocycles. The van der Waals surface area contributed by atoms with Gasteiger partial charge in [-0.2, -0.15) is 0 Å². The van der Waals surface area contributed by atoms with Gasteiger partial charge in [0.2, 0.25) is 0 Å². The number of phenols is 1. The van der Waals surface area contributed by atoms with Crippen LogP contribution in [0.15, 0.2) is 48.8 Å². The van der Waals surface area contributed by atoms with Crippen LogP contribution in [0.25, 0.3) is 0 Å². The van der Waals surface area contributed by atoms with Gasteiger partial charge in [-0.05, 0) is 59.9 Å². The summed E-state index contributed by atoms with van der Waals surface area (Å²) >= 11 is 0. The molecule has 0 spiro atoms. The van der Waals surface area contributed by atoms with Gasteiger partial charge in [-0.1, -0.05) is 65.5 Å². The van der Waals surface area contributed by atoms with Crippen molar-refractivity contribution in [2.45, 2.75) is 66.9 Å². The van der Waals surface area contributed by atoms with E-state index in [-0.39, 0.29) is 22.0 Å². The van der Waals surface area contributed by atoms with Crippen molar-refractivity contribution < 1.29 is 10.2 Å². The van der Waals surface area contributed by atoms with Crippen LogP contribution < -0.4 is 0 Å². The van der Waals surface area contributed by atoms with Gasteiger partial charge < -0.3 is 10.2 Å². The molecule has 0 amide bonds. The molecule has 0 fully saturated rings. The third kappa shape index (κ3) is 5.61. The Morgan fingerprint density at radius 3 is 2.10 bits per heavy atom. The van der Waals surface area contributed by atoms with Gasteiger partial charge in [0.25, 0.3) is 0 Å². The second kappa shape index (κ2) is 9.01.